The van der Waals surface area contributed by atoms with Crippen molar-refractivity contribution in [1.82, 2.24) is 20.4 Å². The first-order valence-corrected chi connectivity index (χ1v) is 15.4. The van der Waals surface area contributed by atoms with Crippen LogP contribution in [0.4, 0.5) is 0 Å². The number of sulfonamides is 1. The van der Waals surface area contributed by atoms with E-state index in [1.807, 2.05) is 30.3 Å². The second kappa shape index (κ2) is 16.2. The van der Waals surface area contributed by atoms with Gasteiger partial charge in [-0.25, -0.2) is 13.9 Å². The fourth-order valence-electron chi connectivity index (χ4n) is 4.92. The highest BCUT2D eigenvalue weighted by Gasteiger charge is 2.36. The molecule has 0 radical (unpaired) electrons. The number of hydrogen-bond acceptors (Lipinski definition) is 7. The molecule has 0 bridgehead atoms. The summed E-state index contributed by atoms with van der Waals surface area (Å²) in [4.78, 5) is 39.1. The van der Waals surface area contributed by atoms with Gasteiger partial charge in [-0.2, -0.15) is 4.31 Å². The van der Waals surface area contributed by atoms with Crippen LogP contribution in [0.25, 0.3) is 0 Å². The number of hydroxylamine groups is 1. The number of ether oxygens (including phenoxy) is 1. The Morgan fingerprint density at radius 1 is 1.00 bits per heavy atom. The van der Waals surface area contributed by atoms with Crippen LogP contribution in [0.1, 0.15) is 44.1 Å². The number of nitrogens with one attached hydrogen (secondary N) is 3. The van der Waals surface area contributed by atoms with Crippen LogP contribution >= 0.6 is 0 Å². The number of likely N-dealkylation sites (N-methyl/N-ethyl adjacent to an activating group) is 1. The molecule has 0 spiro atoms. The molecule has 3 amide bonds. The fraction of sp³-hybridized carbons (Fsp3) is 0.483. The Morgan fingerprint density at radius 2 is 1.66 bits per heavy atom. The van der Waals surface area contributed by atoms with E-state index in [-0.39, 0.29) is 37.4 Å². The third-order valence-corrected chi connectivity index (χ3v) is 9.07. The lowest BCUT2D eigenvalue weighted by Crippen LogP contribution is -2.52. The molecular weight excluding hydrogens is 548 g/mol. The van der Waals surface area contributed by atoms with Crippen LogP contribution in [-0.2, 0) is 35.6 Å². The molecule has 0 aromatic heterocycles. The van der Waals surface area contributed by atoms with Crippen molar-refractivity contribution in [2.75, 3.05) is 26.7 Å². The van der Waals surface area contributed by atoms with Crippen LogP contribution in [-0.4, -0.2) is 74.5 Å². The van der Waals surface area contributed by atoms with Crippen LogP contribution in [0, 0.1) is 5.92 Å². The first-order chi connectivity index (χ1) is 19.8. The van der Waals surface area contributed by atoms with Gasteiger partial charge in [0.15, 0.2) is 0 Å². The van der Waals surface area contributed by atoms with Gasteiger partial charge in [0.1, 0.15) is 12.1 Å². The van der Waals surface area contributed by atoms with Gasteiger partial charge in [-0.3, -0.25) is 19.6 Å². The van der Waals surface area contributed by atoms with Gasteiger partial charge in [-0.15, -0.1) is 0 Å². The van der Waals surface area contributed by atoms with Crippen molar-refractivity contribution in [2.45, 2.75) is 62.0 Å². The minimum atomic E-state index is -3.78. The van der Waals surface area contributed by atoms with Crippen LogP contribution in [0.5, 0.6) is 0 Å². The Kier molecular flexibility index (Phi) is 12.7. The summed E-state index contributed by atoms with van der Waals surface area (Å²) in [6, 6.07) is 16.9. The Balaban J connectivity index is 1.82. The molecule has 2 unspecified atom stereocenters. The van der Waals surface area contributed by atoms with Crippen LogP contribution in [0.15, 0.2) is 65.6 Å². The van der Waals surface area contributed by atoms with Crippen LogP contribution in [0.2, 0.25) is 0 Å². The van der Waals surface area contributed by atoms with Gasteiger partial charge in [-0.05, 0) is 62.6 Å². The van der Waals surface area contributed by atoms with Crippen LogP contribution < -0.4 is 16.1 Å². The van der Waals surface area contributed by atoms with Crippen molar-refractivity contribution >= 4 is 27.7 Å². The van der Waals surface area contributed by atoms with Gasteiger partial charge in [0.05, 0.1) is 10.8 Å². The SMILES string of the molecule is CNC(=O)C1CCCN(S(=O)(=O)c2ccccc2)CCCCO[C@H](C(=O)NO)C(CCCc2ccccc2)C(=O)N1. The molecule has 224 valence electrons. The van der Waals surface area contributed by atoms with Crippen molar-refractivity contribution in [3.05, 3.63) is 66.2 Å². The van der Waals surface area contributed by atoms with Crippen molar-refractivity contribution in [2.24, 2.45) is 5.92 Å². The second-order valence-corrected chi connectivity index (χ2v) is 11.9. The largest absolute Gasteiger partial charge is 0.367 e. The molecule has 1 aliphatic rings. The number of aryl methyl sites for hydroxylation is 1. The monoisotopic (exact) mass is 588 g/mol. The lowest BCUT2D eigenvalue weighted by Gasteiger charge is -2.28. The lowest BCUT2D eigenvalue weighted by molar-refractivity contribution is -0.151. The summed E-state index contributed by atoms with van der Waals surface area (Å²) in [5.74, 6) is -2.81. The zero-order valence-corrected chi connectivity index (χ0v) is 24.1. The molecule has 1 aliphatic heterocycles. The molecule has 2 aromatic carbocycles. The molecule has 2 aromatic rings. The number of amides is 3. The third-order valence-electron chi connectivity index (χ3n) is 7.15. The summed E-state index contributed by atoms with van der Waals surface area (Å²) in [5, 5.41) is 14.7. The molecule has 1 heterocycles. The molecule has 3 rings (SSSR count). The van der Waals surface area contributed by atoms with Gasteiger partial charge in [0.2, 0.25) is 21.8 Å². The standard InChI is InChI=1S/C29H40N4O7S/c1-30-28(35)25-18-11-20-33(41(38,39)23-15-6-3-7-16-23)19-8-9-21-40-26(29(36)32-37)24(27(34)31-25)17-10-14-22-12-4-2-5-13-22/h2-7,12-13,15-16,24-26,37H,8-11,14,17-21H2,1H3,(H,30,35)(H,31,34)(H,32,36)/t24?,25?,26-/m0/s1. The number of carbonyl (C=O) groups is 3. The normalized spacial score (nSPS) is 21.7. The zero-order chi connectivity index (χ0) is 29.7. The Hall–Kier alpha value is -3.32. The first-order valence-electron chi connectivity index (χ1n) is 13.9. The third kappa shape index (κ3) is 9.35. The summed E-state index contributed by atoms with van der Waals surface area (Å²) in [6.07, 6.45) is 1.59. The summed E-state index contributed by atoms with van der Waals surface area (Å²) in [7, 11) is -2.33. The van der Waals surface area contributed by atoms with Gasteiger partial charge >= 0.3 is 0 Å². The zero-order valence-electron chi connectivity index (χ0n) is 23.3. The van der Waals surface area contributed by atoms with E-state index < -0.39 is 45.8 Å². The summed E-state index contributed by atoms with van der Waals surface area (Å²) < 4.78 is 33.9. The topological polar surface area (TPSA) is 154 Å². The van der Waals surface area contributed by atoms with Crippen molar-refractivity contribution in [1.29, 1.82) is 0 Å². The van der Waals surface area contributed by atoms with E-state index in [4.69, 9.17) is 4.74 Å². The van der Waals surface area contributed by atoms with Crippen molar-refractivity contribution in [3.63, 3.8) is 0 Å². The highest BCUT2D eigenvalue weighted by atomic mass is 32.2. The van der Waals surface area contributed by atoms with Gasteiger partial charge in [0.25, 0.3) is 5.91 Å². The minimum absolute atomic E-state index is 0.0681. The number of nitrogens with zero attached hydrogens (tertiary/aromatic N) is 1. The molecule has 3 atom stereocenters. The lowest BCUT2D eigenvalue weighted by atomic mass is 9.92. The average molecular weight is 589 g/mol. The van der Waals surface area contributed by atoms with E-state index in [1.165, 1.54) is 23.5 Å². The highest BCUT2D eigenvalue weighted by Crippen LogP contribution is 2.21. The maximum Gasteiger partial charge on any atom is 0.273 e. The first kappa shape index (κ1) is 32.2. The molecule has 41 heavy (non-hydrogen) atoms. The maximum atomic E-state index is 13.6. The molecule has 12 heteroatoms. The van der Waals surface area contributed by atoms with Crippen LogP contribution in [0.3, 0.4) is 0 Å². The molecule has 0 aliphatic carbocycles. The van der Waals surface area contributed by atoms with E-state index in [0.717, 1.165) is 5.56 Å². The quantitative estimate of drug-likeness (QED) is 0.272. The molecular formula is C29H40N4O7S. The molecule has 0 saturated carbocycles. The van der Waals surface area contributed by atoms with Gasteiger partial charge in [-0.1, -0.05) is 48.5 Å². The molecule has 1 fully saturated rings. The molecule has 11 nitrogen and oxygen atoms in total. The minimum Gasteiger partial charge on any atom is -0.367 e. The molecule has 1 saturated heterocycles. The Bertz CT molecular complexity index is 1230. The predicted octanol–water partition coefficient (Wildman–Crippen LogP) is 2.01. The number of hydrogen-bond donors (Lipinski definition) is 4. The number of rotatable bonds is 8. The molecule has 4 N–H and O–H groups in total. The Morgan fingerprint density at radius 3 is 2.32 bits per heavy atom. The van der Waals surface area contributed by atoms with E-state index in [0.29, 0.717) is 32.1 Å². The van der Waals surface area contributed by atoms with E-state index in [1.54, 1.807) is 23.7 Å². The maximum absolute atomic E-state index is 13.6. The number of benzene rings is 2. The van der Waals surface area contributed by atoms with Gasteiger partial charge < -0.3 is 15.4 Å². The van der Waals surface area contributed by atoms with E-state index >= 15 is 0 Å². The summed E-state index contributed by atoms with van der Waals surface area (Å²) in [5.41, 5.74) is 2.69. The highest BCUT2D eigenvalue weighted by molar-refractivity contribution is 7.89. The summed E-state index contributed by atoms with van der Waals surface area (Å²) in [6.45, 7) is 0.450. The van der Waals surface area contributed by atoms with E-state index in [9.17, 15) is 28.0 Å². The second-order valence-electron chi connectivity index (χ2n) is 9.99. The smallest absolute Gasteiger partial charge is 0.273 e. The number of carbonyl (C=O) groups excluding carboxylic acids is 3. The van der Waals surface area contributed by atoms with Crippen molar-refractivity contribution in [3.8, 4) is 0 Å². The average Bonchev–Trinajstić information content (AvgIpc) is 2.99. The van der Waals surface area contributed by atoms with E-state index in [2.05, 4.69) is 10.6 Å². The van der Waals surface area contributed by atoms with Gasteiger partial charge in [0, 0.05) is 26.7 Å². The predicted molar refractivity (Wildman–Crippen MR) is 152 cm³/mol. The van der Waals surface area contributed by atoms with Crippen molar-refractivity contribution < 1.29 is 32.7 Å². The fourth-order valence-corrected chi connectivity index (χ4v) is 6.45. The summed E-state index contributed by atoms with van der Waals surface area (Å²) >= 11 is 0. The Labute approximate surface area is 241 Å².